The average molecular weight is 339 g/mol. The summed E-state index contributed by atoms with van der Waals surface area (Å²) >= 11 is 7.57. The van der Waals surface area contributed by atoms with Gasteiger partial charge in [-0.15, -0.1) is 11.1 Å². The first-order valence-corrected chi connectivity index (χ1v) is 11.2. The summed E-state index contributed by atoms with van der Waals surface area (Å²) in [5.41, 5.74) is 4.27. The van der Waals surface area contributed by atoms with Crippen molar-refractivity contribution in [2.75, 3.05) is 0 Å². The fourth-order valence-electron chi connectivity index (χ4n) is 3.73. The number of hydrogen-bond donors (Lipinski definition) is 0. The number of rotatable bonds is 3. The van der Waals surface area contributed by atoms with Gasteiger partial charge in [0, 0.05) is 0 Å². The van der Waals surface area contributed by atoms with Gasteiger partial charge in [0.15, 0.2) is 0 Å². The number of hydrogen-bond acceptors (Lipinski definition) is 0. The second kappa shape index (κ2) is 6.14. The molecule has 1 atom stereocenters. The van der Waals surface area contributed by atoms with Crippen LogP contribution in [0.1, 0.15) is 27.7 Å². The molecule has 0 fully saturated rings. The third kappa shape index (κ3) is 2.52. The summed E-state index contributed by atoms with van der Waals surface area (Å²) in [4.78, 5) is 0. The van der Waals surface area contributed by atoms with Crippen molar-refractivity contribution in [1.82, 2.24) is 0 Å². The number of allylic oxidation sites excluding steroid dienone is 4. The van der Waals surface area contributed by atoms with Crippen LogP contribution in [0.25, 0.3) is 0 Å². The molecule has 0 aliphatic heterocycles. The fraction of sp³-hybridized carbons (Fsp3) is 0.238. The fourth-order valence-corrected chi connectivity index (χ4v) is 9.18. The molecule has 2 heteroatoms. The maximum atomic E-state index is 7.57. The lowest BCUT2D eigenvalue weighted by atomic mass is 10.1. The van der Waals surface area contributed by atoms with Crippen LogP contribution >= 0.6 is 11.1 Å². The molecule has 0 amide bonds. The highest BCUT2D eigenvalue weighted by molar-refractivity contribution is 7.37. The lowest BCUT2D eigenvalue weighted by Crippen LogP contribution is -2.56. The lowest BCUT2D eigenvalue weighted by molar-refractivity contribution is 0.853. The predicted octanol–water partition coefficient (Wildman–Crippen LogP) is 4.83. The molecule has 0 heterocycles. The standard InChI is InChI=1S/C21H23ClSi/c1-15-16(2)18(4)21(17(15)3)23(22,19-11-7-5-8-12-19)20-13-9-6-10-14-20/h5-14,17H,1-4H3. The normalized spacial score (nSPS) is 18.7. The van der Waals surface area contributed by atoms with E-state index in [1.165, 1.54) is 32.3 Å². The predicted molar refractivity (Wildman–Crippen MR) is 104 cm³/mol. The summed E-state index contributed by atoms with van der Waals surface area (Å²) in [6.07, 6.45) is 0. The SMILES string of the molecule is CC1=C(C)C(C)C([Si](Cl)(c2ccccc2)c2ccccc2)=C1C. The van der Waals surface area contributed by atoms with Crippen molar-refractivity contribution < 1.29 is 0 Å². The molecule has 2 aromatic carbocycles. The Morgan fingerprint density at radius 2 is 1.17 bits per heavy atom. The average Bonchev–Trinajstić information content (AvgIpc) is 2.79. The van der Waals surface area contributed by atoms with E-state index in [-0.39, 0.29) is 0 Å². The summed E-state index contributed by atoms with van der Waals surface area (Å²) in [5, 5.41) is 4.00. The number of benzene rings is 2. The van der Waals surface area contributed by atoms with E-state index in [0.717, 1.165) is 0 Å². The Labute approximate surface area is 145 Å². The first-order chi connectivity index (χ1) is 11.0. The molecule has 2 aromatic rings. The Balaban J connectivity index is 2.28. The van der Waals surface area contributed by atoms with Crippen LogP contribution in [0.15, 0.2) is 82.6 Å². The van der Waals surface area contributed by atoms with Crippen LogP contribution < -0.4 is 10.4 Å². The van der Waals surface area contributed by atoms with Gasteiger partial charge in [-0.25, -0.2) is 0 Å². The van der Waals surface area contributed by atoms with E-state index in [1.54, 1.807) is 0 Å². The first kappa shape index (κ1) is 16.3. The van der Waals surface area contributed by atoms with Gasteiger partial charge in [-0.05, 0) is 47.8 Å². The van der Waals surface area contributed by atoms with Gasteiger partial charge >= 0.3 is 0 Å². The summed E-state index contributed by atoms with van der Waals surface area (Å²) in [5.74, 6) is 0.416. The first-order valence-electron chi connectivity index (χ1n) is 8.17. The molecule has 0 bridgehead atoms. The van der Waals surface area contributed by atoms with Gasteiger partial charge < -0.3 is 0 Å². The molecule has 0 nitrogen and oxygen atoms in total. The van der Waals surface area contributed by atoms with E-state index >= 15 is 0 Å². The zero-order valence-electron chi connectivity index (χ0n) is 14.2. The Bertz CT molecular complexity index is 733. The second-order valence-corrected chi connectivity index (χ2v) is 11.2. The van der Waals surface area contributed by atoms with Crippen molar-refractivity contribution in [3.8, 4) is 0 Å². The van der Waals surface area contributed by atoms with Crippen LogP contribution in [0.5, 0.6) is 0 Å². The monoisotopic (exact) mass is 338 g/mol. The smallest absolute Gasteiger partial charge is 0.149 e. The molecule has 0 saturated heterocycles. The summed E-state index contributed by atoms with van der Waals surface area (Å²) < 4.78 is 0. The molecular formula is C21H23ClSi. The largest absolute Gasteiger partial charge is 0.244 e. The molecule has 118 valence electrons. The zero-order valence-corrected chi connectivity index (χ0v) is 16.0. The van der Waals surface area contributed by atoms with Crippen molar-refractivity contribution in [2.24, 2.45) is 5.92 Å². The lowest BCUT2D eigenvalue weighted by Gasteiger charge is -2.31. The Morgan fingerprint density at radius 3 is 1.52 bits per heavy atom. The highest BCUT2D eigenvalue weighted by Crippen LogP contribution is 2.42. The van der Waals surface area contributed by atoms with Gasteiger partial charge in [-0.2, -0.15) is 0 Å². The summed E-state index contributed by atoms with van der Waals surface area (Å²) in [7, 11) is -2.47. The van der Waals surface area contributed by atoms with E-state index < -0.39 is 7.38 Å². The summed E-state index contributed by atoms with van der Waals surface area (Å²) in [6.45, 7) is 9.03. The van der Waals surface area contributed by atoms with Gasteiger partial charge in [-0.3, -0.25) is 0 Å². The zero-order chi connectivity index (χ0) is 16.6. The molecule has 1 aliphatic rings. The van der Waals surface area contributed by atoms with E-state index in [0.29, 0.717) is 5.92 Å². The van der Waals surface area contributed by atoms with Crippen LogP contribution in [0.2, 0.25) is 0 Å². The van der Waals surface area contributed by atoms with Gasteiger partial charge in [-0.1, -0.05) is 78.7 Å². The van der Waals surface area contributed by atoms with Crippen molar-refractivity contribution in [1.29, 1.82) is 0 Å². The van der Waals surface area contributed by atoms with Crippen LogP contribution in [-0.2, 0) is 0 Å². The van der Waals surface area contributed by atoms with E-state index in [9.17, 15) is 0 Å². The molecule has 0 N–H and O–H groups in total. The third-order valence-electron chi connectivity index (χ3n) is 5.35. The molecule has 3 rings (SSSR count). The highest BCUT2D eigenvalue weighted by atomic mass is 35.6. The minimum Gasteiger partial charge on any atom is -0.149 e. The van der Waals surface area contributed by atoms with Crippen LogP contribution in [0, 0.1) is 5.92 Å². The minimum absolute atomic E-state index is 0.416. The van der Waals surface area contributed by atoms with Crippen molar-refractivity contribution in [3.63, 3.8) is 0 Å². The van der Waals surface area contributed by atoms with Gasteiger partial charge in [0.25, 0.3) is 0 Å². The van der Waals surface area contributed by atoms with E-state index in [1.807, 2.05) is 0 Å². The minimum atomic E-state index is -2.47. The topological polar surface area (TPSA) is 0 Å². The molecular weight excluding hydrogens is 316 g/mol. The van der Waals surface area contributed by atoms with Crippen LogP contribution in [0.3, 0.4) is 0 Å². The Hall–Kier alpha value is -1.57. The highest BCUT2D eigenvalue weighted by Gasteiger charge is 2.45. The molecule has 0 radical (unpaired) electrons. The van der Waals surface area contributed by atoms with E-state index in [2.05, 4.69) is 88.4 Å². The second-order valence-electron chi connectivity index (χ2n) is 6.46. The summed E-state index contributed by atoms with van der Waals surface area (Å²) in [6, 6.07) is 21.3. The Morgan fingerprint density at radius 1 is 0.739 bits per heavy atom. The molecule has 1 unspecified atom stereocenters. The van der Waals surface area contributed by atoms with Crippen molar-refractivity contribution in [3.05, 3.63) is 82.6 Å². The molecule has 0 aromatic heterocycles. The van der Waals surface area contributed by atoms with E-state index in [4.69, 9.17) is 11.1 Å². The number of halogens is 1. The molecule has 0 saturated carbocycles. The maximum absolute atomic E-state index is 7.57. The quantitative estimate of drug-likeness (QED) is 0.555. The van der Waals surface area contributed by atoms with Crippen LogP contribution in [-0.4, -0.2) is 7.38 Å². The van der Waals surface area contributed by atoms with Crippen LogP contribution in [0.4, 0.5) is 0 Å². The molecule has 0 spiro atoms. The molecule has 23 heavy (non-hydrogen) atoms. The maximum Gasteiger partial charge on any atom is 0.244 e. The van der Waals surface area contributed by atoms with Crippen molar-refractivity contribution >= 4 is 28.8 Å². The third-order valence-corrected chi connectivity index (χ3v) is 11.1. The van der Waals surface area contributed by atoms with Gasteiger partial charge in [0.05, 0.1) is 0 Å². The van der Waals surface area contributed by atoms with Gasteiger partial charge in [0.2, 0.25) is 7.38 Å². The molecule has 1 aliphatic carbocycles. The van der Waals surface area contributed by atoms with Crippen molar-refractivity contribution in [2.45, 2.75) is 27.7 Å². The Kier molecular flexibility index (Phi) is 4.35. The van der Waals surface area contributed by atoms with Gasteiger partial charge in [0.1, 0.15) is 0 Å².